The minimum atomic E-state index is -0.611. The van der Waals surface area contributed by atoms with Crippen LogP contribution in [0.4, 0.5) is 28.9 Å². The van der Waals surface area contributed by atoms with Crippen LogP contribution in [0.3, 0.4) is 0 Å². The summed E-state index contributed by atoms with van der Waals surface area (Å²) in [6.07, 6.45) is 5.73. The van der Waals surface area contributed by atoms with Crippen LogP contribution in [0, 0.1) is 23.3 Å². The van der Waals surface area contributed by atoms with Crippen molar-refractivity contribution in [3.05, 3.63) is 89.3 Å². The van der Waals surface area contributed by atoms with Crippen molar-refractivity contribution in [2.75, 3.05) is 29.4 Å². The zero-order chi connectivity index (χ0) is 27.5. The molecule has 3 heterocycles. The molecule has 0 amide bonds. The van der Waals surface area contributed by atoms with Crippen LogP contribution in [0.15, 0.2) is 54.9 Å². The van der Waals surface area contributed by atoms with Gasteiger partial charge in [0.15, 0.2) is 11.6 Å². The maximum atomic E-state index is 15.4. The molecule has 4 aromatic rings. The first-order chi connectivity index (χ1) is 18.9. The molecule has 2 fully saturated rings. The van der Waals surface area contributed by atoms with Crippen molar-refractivity contribution in [2.45, 2.75) is 57.9 Å². The maximum Gasteiger partial charge on any atom is 0.151 e. The Balaban J connectivity index is 0.000000983. The molecule has 0 radical (unpaired) electrons. The van der Waals surface area contributed by atoms with Crippen molar-refractivity contribution in [1.82, 2.24) is 9.97 Å². The van der Waals surface area contributed by atoms with Crippen molar-refractivity contribution < 1.29 is 17.6 Å². The summed E-state index contributed by atoms with van der Waals surface area (Å²) in [5.74, 6) is -1.63. The van der Waals surface area contributed by atoms with E-state index in [4.69, 9.17) is 0 Å². The van der Waals surface area contributed by atoms with E-state index < -0.39 is 11.6 Å². The summed E-state index contributed by atoms with van der Waals surface area (Å²) in [5.41, 5.74) is 3.23. The highest BCUT2D eigenvalue weighted by Crippen LogP contribution is 2.41. The molecular formula is C31H34F4N4. The Labute approximate surface area is 226 Å². The molecule has 3 aromatic carbocycles. The van der Waals surface area contributed by atoms with Gasteiger partial charge in [0.05, 0.1) is 23.4 Å². The molecule has 6 rings (SSSR count). The van der Waals surface area contributed by atoms with Gasteiger partial charge in [0, 0.05) is 37.0 Å². The lowest BCUT2D eigenvalue weighted by Crippen LogP contribution is -2.34. The predicted octanol–water partition coefficient (Wildman–Crippen LogP) is 8.26. The zero-order valence-electron chi connectivity index (χ0n) is 22.4. The highest BCUT2D eigenvalue weighted by molar-refractivity contribution is 5.76. The summed E-state index contributed by atoms with van der Waals surface area (Å²) < 4.78 is 58.9. The van der Waals surface area contributed by atoms with E-state index in [1.54, 1.807) is 23.1 Å². The van der Waals surface area contributed by atoms with E-state index in [0.29, 0.717) is 42.8 Å². The van der Waals surface area contributed by atoms with E-state index in [1.165, 1.54) is 43.1 Å². The lowest BCUT2D eigenvalue weighted by molar-refractivity contribution is 0.485. The van der Waals surface area contributed by atoms with E-state index in [-0.39, 0.29) is 29.3 Å². The molecule has 2 aliphatic rings. The van der Waals surface area contributed by atoms with Gasteiger partial charge in [-0.05, 0) is 67.5 Å². The average molecular weight is 539 g/mol. The van der Waals surface area contributed by atoms with Crippen LogP contribution in [0.25, 0.3) is 11.0 Å². The van der Waals surface area contributed by atoms with Gasteiger partial charge in [-0.3, -0.25) is 0 Å². The molecule has 0 bridgehead atoms. The van der Waals surface area contributed by atoms with E-state index in [9.17, 15) is 8.78 Å². The van der Waals surface area contributed by atoms with Crippen LogP contribution >= 0.6 is 0 Å². The minimum Gasteiger partial charge on any atom is -0.367 e. The van der Waals surface area contributed by atoms with Gasteiger partial charge >= 0.3 is 0 Å². The number of imidazole rings is 1. The molecule has 39 heavy (non-hydrogen) atoms. The van der Waals surface area contributed by atoms with E-state index in [2.05, 4.69) is 23.8 Å². The fraction of sp³-hybridized carbons (Fsp3) is 0.387. The Morgan fingerprint density at radius 1 is 0.846 bits per heavy atom. The largest absolute Gasteiger partial charge is 0.367 e. The van der Waals surface area contributed by atoms with Crippen LogP contribution in [-0.2, 0) is 0 Å². The third kappa shape index (κ3) is 5.60. The first-order valence-corrected chi connectivity index (χ1v) is 13.8. The molecule has 2 saturated heterocycles. The Hall–Kier alpha value is -3.55. The number of aromatic nitrogens is 2. The molecule has 0 unspecified atom stereocenters. The van der Waals surface area contributed by atoms with Crippen molar-refractivity contribution in [3.63, 3.8) is 0 Å². The zero-order valence-corrected chi connectivity index (χ0v) is 22.4. The summed E-state index contributed by atoms with van der Waals surface area (Å²) in [7, 11) is 0. The fourth-order valence-electron chi connectivity index (χ4n) is 5.82. The third-order valence-electron chi connectivity index (χ3n) is 7.64. The van der Waals surface area contributed by atoms with Gasteiger partial charge in [0.2, 0.25) is 0 Å². The molecule has 1 atom stereocenters. The van der Waals surface area contributed by atoms with Gasteiger partial charge in [0.25, 0.3) is 0 Å². The minimum absolute atomic E-state index is 0.0166. The number of hydrogen-bond acceptors (Lipinski definition) is 3. The van der Waals surface area contributed by atoms with Crippen LogP contribution < -0.4 is 9.80 Å². The molecule has 0 spiro atoms. The molecular weight excluding hydrogens is 504 g/mol. The lowest BCUT2D eigenvalue weighted by Gasteiger charge is -2.35. The van der Waals surface area contributed by atoms with Crippen LogP contribution in [0.5, 0.6) is 0 Å². The number of rotatable bonds is 4. The fourth-order valence-corrected chi connectivity index (χ4v) is 5.82. The highest BCUT2D eigenvalue weighted by Gasteiger charge is 2.31. The van der Waals surface area contributed by atoms with E-state index >= 15 is 8.78 Å². The van der Waals surface area contributed by atoms with Gasteiger partial charge in [-0.2, -0.15) is 0 Å². The molecule has 0 aliphatic carbocycles. The number of nitrogens with zero attached hydrogens (tertiary/aromatic N) is 3. The summed E-state index contributed by atoms with van der Waals surface area (Å²) in [6.45, 7) is 5.86. The second-order valence-electron chi connectivity index (χ2n) is 10.4. The number of halogens is 4. The van der Waals surface area contributed by atoms with Crippen LogP contribution in [-0.4, -0.2) is 29.6 Å². The number of hydrogen-bond donors (Lipinski definition) is 1. The Morgan fingerprint density at radius 2 is 1.51 bits per heavy atom. The van der Waals surface area contributed by atoms with Gasteiger partial charge < -0.3 is 14.8 Å². The molecule has 0 saturated carbocycles. The summed E-state index contributed by atoms with van der Waals surface area (Å²) >= 11 is 0. The standard InChI is InChI=1S/C28H26F4N4.C3H8/c29-19-5-3-17(4-6-19)18-7-10-35(11-8-18)28-23(31)12-20(13-24(28)32)36-9-1-2-27(36)21-14-25-26(15-22(21)30)34-16-33-25;1-3-2/h3-6,12-16,18,27H,1-2,7-11H2,(H,33,34);3H2,1-2H3/t27-;/m1./s1. The van der Waals surface area contributed by atoms with Gasteiger partial charge in [0.1, 0.15) is 17.3 Å². The monoisotopic (exact) mass is 538 g/mol. The van der Waals surface area contributed by atoms with Crippen molar-refractivity contribution in [1.29, 1.82) is 0 Å². The quantitative estimate of drug-likeness (QED) is 0.266. The molecule has 206 valence electrons. The van der Waals surface area contributed by atoms with E-state index in [0.717, 1.165) is 30.3 Å². The Morgan fingerprint density at radius 3 is 2.18 bits per heavy atom. The number of H-pyrrole nitrogens is 1. The molecule has 2 aliphatic heterocycles. The summed E-state index contributed by atoms with van der Waals surface area (Å²) in [4.78, 5) is 10.7. The average Bonchev–Trinajstić information content (AvgIpc) is 3.58. The number of aromatic amines is 1. The van der Waals surface area contributed by atoms with Crippen molar-refractivity contribution in [2.24, 2.45) is 0 Å². The first-order valence-electron chi connectivity index (χ1n) is 13.8. The maximum absolute atomic E-state index is 15.4. The van der Waals surface area contributed by atoms with Gasteiger partial charge in [-0.1, -0.05) is 32.4 Å². The number of fused-ring (bicyclic) bond motifs is 1. The number of nitrogens with one attached hydrogen (secondary N) is 1. The molecule has 4 nitrogen and oxygen atoms in total. The molecule has 1 N–H and O–H groups in total. The van der Waals surface area contributed by atoms with Crippen LogP contribution in [0.1, 0.15) is 69.0 Å². The Kier molecular flexibility index (Phi) is 8.10. The van der Waals surface area contributed by atoms with E-state index in [1.807, 2.05) is 4.90 Å². The Bertz CT molecular complexity index is 1390. The third-order valence-corrected chi connectivity index (χ3v) is 7.64. The van der Waals surface area contributed by atoms with Crippen molar-refractivity contribution in [3.8, 4) is 0 Å². The highest BCUT2D eigenvalue weighted by atomic mass is 19.1. The number of anilines is 2. The second kappa shape index (κ2) is 11.7. The SMILES string of the molecule is CCC.Fc1ccc(C2CCN(c3c(F)cc(N4CCC[C@@H]4c4cc5[nH]cnc5cc4F)cc3F)CC2)cc1. The van der Waals surface area contributed by atoms with Gasteiger partial charge in [-0.15, -0.1) is 0 Å². The van der Waals surface area contributed by atoms with Crippen molar-refractivity contribution >= 4 is 22.4 Å². The first kappa shape index (κ1) is 27.0. The molecule has 8 heteroatoms. The smallest absolute Gasteiger partial charge is 0.151 e. The number of benzene rings is 3. The topological polar surface area (TPSA) is 35.2 Å². The van der Waals surface area contributed by atoms with Crippen LogP contribution in [0.2, 0.25) is 0 Å². The van der Waals surface area contributed by atoms with Gasteiger partial charge in [-0.25, -0.2) is 22.5 Å². The predicted molar refractivity (Wildman–Crippen MR) is 148 cm³/mol. The lowest BCUT2D eigenvalue weighted by atomic mass is 9.89. The normalized spacial score (nSPS) is 17.9. The second-order valence-corrected chi connectivity index (χ2v) is 10.4. The molecule has 1 aromatic heterocycles. The summed E-state index contributed by atoms with van der Waals surface area (Å²) in [6, 6.07) is 12.0. The number of piperidine rings is 1. The summed E-state index contributed by atoms with van der Waals surface area (Å²) in [5, 5.41) is 0.